The summed E-state index contributed by atoms with van der Waals surface area (Å²) >= 11 is 0.616. The number of nitrogens with zero attached hydrogens (tertiary/aromatic N) is 1. The van der Waals surface area contributed by atoms with Crippen LogP contribution in [0.1, 0.15) is 5.56 Å². The number of thioether (sulfide) groups is 1. The summed E-state index contributed by atoms with van der Waals surface area (Å²) in [6, 6.07) is 15.5. The van der Waals surface area contributed by atoms with Crippen LogP contribution in [0.3, 0.4) is 0 Å². The molecule has 3 aromatic rings. The number of hydrogen-bond acceptors (Lipinski definition) is 7. The number of methoxy groups -OCH3 is 1. The molecule has 1 fully saturated rings. The number of hydrogen-bond donors (Lipinski definition) is 2. The summed E-state index contributed by atoms with van der Waals surface area (Å²) in [5.41, 5.74) is 0.634. The van der Waals surface area contributed by atoms with Crippen molar-refractivity contribution in [2.45, 2.75) is 0 Å². The monoisotopic (exact) mass is 553 g/mol. The third kappa shape index (κ3) is 6.79. The van der Waals surface area contributed by atoms with Crippen LogP contribution in [0.25, 0.3) is 6.08 Å². The number of nitrogens with one attached hydrogen (secondary N) is 2. The highest BCUT2D eigenvalue weighted by Gasteiger charge is 2.36. The number of carbonyl (C=O) groups excluding carboxylic acids is 4. The van der Waals surface area contributed by atoms with E-state index in [1.54, 1.807) is 18.2 Å². The Hall–Kier alpha value is -4.71. The van der Waals surface area contributed by atoms with Crippen LogP contribution in [0.2, 0.25) is 0 Å². The zero-order chi connectivity index (χ0) is 27.9. The van der Waals surface area contributed by atoms with Gasteiger partial charge in [-0.15, -0.1) is 0 Å². The van der Waals surface area contributed by atoms with Crippen molar-refractivity contribution in [2.24, 2.45) is 0 Å². The van der Waals surface area contributed by atoms with Gasteiger partial charge in [0.2, 0.25) is 5.91 Å². The van der Waals surface area contributed by atoms with E-state index in [9.17, 15) is 28.0 Å². The van der Waals surface area contributed by atoms with Gasteiger partial charge in [0.25, 0.3) is 17.1 Å². The van der Waals surface area contributed by atoms with Gasteiger partial charge in [-0.2, -0.15) is 0 Å². The van der Waals surface area contributed by atoms with Crippen LogP contribution in [0.4, 0.5) is 25.0 Å². The fourth-order valence-corrected chi connectivity index (χ4v) is 4.33. The van der Waals surface area contributed by atoms with Crippen molar-refractivity contribution in [3.05, 3.63) is 88.8 Å². The van der Waals surface area contributed by atoms with Crippen molar-refractivity contribution < 1.29 is 37.4 Å². The van der Waals surface area contributed by atoms with Gasteiger partial charge < -0.3 is 20.1 Å². The highest BCUT2D eigenvalue weighted by atomic mass is 32.2. The molecule has 39 heavy (non-hydrogen) atoms. The second-order valence-electron chi connectivity index (χ2n) is 8.02. The second kappa shape index (κ2) is 12.2. The molecule has 0 atom stereocenters. The molecule has 1 aliphatic heterocycles. The molecule has 1 heterocycles. The van der Waals surface area contributed by atoms with Gasteiger partial charge in [-0.3, -0.25) is 24.1 Å². The third-order valence-electron chi connectivity index (χ3n) is 5.31. The fourth-order valence-electron chi connectivity index (χ4n) is 3.50. The minimum atomic E-state index is -0.749. The van der Waals surface area contributed by atoms with Gasteiger partial charge in [-0.05, 0) is 60.3 Å². The number of ether oxygens (including phenoxy) is 2. The van der Waals surface area contributed by atoms with E-state index in [1.165, 1.54) is 61.7 Å². The lowest BCUT2D eigenvalue weighted by Crippen LogP contribution is -2.36. The molecule has 9 nitrogen and oxygen atoms in total. The highest BCUT2D eigenvalue weighted by molar-refractivity contribution is 8.18. The van der Waals surface area contributed by atoms with E-state index < -0.39 is 47.7 Å². The van der Waals surface area contributed by atoms with E-state index in [0.29, 0.717) is 23.0 Å². The first-order valence-electron chi connectivity index (χ1n) is 11.4. The van der Waals surface area contributed by atoms with Crippen molar-refractivity contribution in [3.8, 4) is 11.5 Å². The Bertz CT molecular complexity index is 1460. The van der Waals surface area contributed by atoms with Gasteiger partial charge in [-0.1, -0.05) is 24.3 Å². The molecule has 0 saturated carbocycles. The zero-order valence-electron chi connectivity index (χ0n) is 20.4. The molecule has 4 amide bonds. The first-order chi connectivity index (χ1) is 18.7. The molecular weight excluding hydrogens is 532 g/mol. The average Bonchev–Trinajstić information content (AvgIpc) is 3.17. The van der Waals surface area contributed by atoms with Crippen molar-refractivity contribution in [1.29, 1.82) is 0 Å². The molecule has 0 radical (unpaired) electrons. The first kappa shape index (κ1) is 27.3. The molecular formula is C27H21F2N3O6S. The number of anilines is 2. The van der Waals surface area contributed by atoms with E-state index in [2.05, 4.69) is 10.6 Å². The van der Waals surface area contributed by atoms with Gasteiger partial charge in [-0.25, -0.2) is 8.78 Å². The lowest BCUT2D eigenvalue weighted by molar-refractivity contribution is -0.127. The van der Waals surface area contributed by atoms with Gasteiger partial charge in [0.05, 0.1) is 17.7 Å². The van der Waals surface area contributed by atoms with Gasteiger partial charge >= 0.3 is 0 Å². The number of imide groups is 1. The van der Waals surface area contributed by atoms with Crippen LogP contribution >= 0.6 is 11.8 Å². The maximum atomic E-state index is 13.8. The molecule has 200 valence electrons. The Morgan fingerprint density at radius 1 is 0.949 bits per heavy atom. The second-order valence-corrected chi connectivity index (χ2v) is 9.01. The number of carbonyl (C=O) groups is 4. The molecule has 0 aliphatic carbocycles. The van der Waals surface area contributed by atoms with Gasteiger partial charge in [0.15, 0.2) is 18.1 Å². The van der Waals surface area contributed by atoms with Crippen molar-refractivity contribution in [3.63, 3.8) is 0 Å². The SMILES string of the molecule is COc1cccc(C=C2SC(=O)N(CC(=O)Nc3ccccc3F)C2=O)c1OCC(=O)Nc1ccc(F)cc1. The summed E-state index contributed by atoms with van der Waals surface area (Å²) in [6.45, 7) is -1.04. The lowest BCUT2D eigenvalue weighted by Gasteiger charge is -2.14. The van der Waals surface area contributed by atoms with E-state index >= 15 is 0 Å². The van der Waals surface area contributed by atoms with Crippen molar-refractivity contribution in [1.82, 2.24) is 4.90 Å². The average molecular weight is 554 g/mol. The normalized spacial score (nSPS) is 13.9. The van der Waals surface area contributed by atoms with Crippen molar-refractivity contribution in [2.75, 3.05) is 30.9 Å². The Kier molecular flexibility index (Phi) is 8.56. The summed E-state index contributed by atoms with van der Waals surface area (Å²) in [5.74, 6) is -2.70. The fraction of sp³-hybridized carbons (Fsp3) is 0.111. The number of halogens is 2. The predicted molar refractivity (Wildman–Crippen MR) is 141 cm³/mol. The van der Waals surface area contributed by atoms with Gasteiger partial charge in [0, 0.05) is 11.3 Å². The molecule has 0 unspecified atom stereocenters. The van der Waals surface area contributed by atoms with Crippen LogP contribution in [0.5, 0.6) is 11.5 Å². The smallest absolute Gasteiger partial charge is 0.294 e. The summed E-state index contributed by atoms with van der Waals surface area (Å²) in [4.78, 5) is 50.9. The Morgan fingerprint density at radius 3 is 2.41 bits per heavy atom. The third-order valence-corrected chi connectivity index (χ3v) is 6.22. The minimum absolute atomic E-state index is 0.00700. The predicted octanol–water partition coefficient (Wildman–Crippen LogP) is 4.67. The first-order valence-corrected chi connectivity index (χ1v) is 12.2. The largest absolute Gasteiger partial charge is 0.493 e. The Morgan fingerprint density at radius 2 is 1.69 bits per heavy atom. The van der Waals surface area contributed by atoms with Crippen molar-refractivity contribution >= 4 is 52.2 Å². The Balaban J connectivity index is 1.47. The summed E-state index contributed by atoms with van der Waals surface area (Å²) in [6.07, 6.45) is 1.38. The molecule has 1 aliphatic rings. The molecule has 3 aromatic carbocycles. The lowest BCUT2D eigenvalue weighted by atomic mass is 10.1. The molecule has 12 heteroatoms. The highest BCUT2D eigenvalue weighted by Crippen LogP contribution is 2.37. The molecule has 4 rings (SSSR count). The van der Waals surface area contributed by atoms with Crippen LogP contribution in [-0.4, -0.2) is 48.1 Å². The van der Waals surface area contributed by atoms with Crippen LogP contribution in [0, 0.1) is 11.6 Å². The summed E-state index contributed by atoms with van der Waals surface area (Å²) < 4.78 is 37.9. The quantitative estimate of drug-likeness (QED) is 0.371. The van der Waals surface area contributed by atoms with E-state index in [-0.39, 0.29) is 22.1 Å². The molecule has 0 bridgehead atoms. The number of amides is 4. The maximum Gasteiger partial charge on any atom is 0.294 e. The van der Waals surface area contributed by atoms with Gasteiger partial charge in [0.1, 0.15) is 18.2 Å². The molecule has 0 aromatic heterocycles. The zero-order valence-corrected chi connectivity index (χ0v) is 21.2. The number of para-hydroxylation sites is 2. The summed E-state index contributed by atoms with van der Waals surface area (Å²) in [5, 5.41) is 4.22. The Labute approximate surface area is 225 Å². The summed E-state index contributed by atoms with van der Waals surface area (Å²) in [7, 11) is 1.40. The molecule has 2 N–H and O–H groups in total. The molecule has 0 spiro atoms. The standard InChI is InChI=1S/C27H21F2N3O6S/c1-37-21-8-4-5-16(25(21)38-15-24(34)30-18-11-9-17(28)10-12-18)13-22-26(35)32(27(36)39-22)14-23(33)31-20-7-3-2-6-19(20)29/h2-13H,14-15H2,1H3,(H,30,34)(H,31,33). The van der Waals surface area contributed by atoms with Crippen LogP contribution in [-0.2, 0) is 14.4 Å². The number of benzene rings is 3. The maximum absolute atomic E-state index is 13.8. The van der Waals surface area contributed by atoms with Crippen LogP contribution < -0.4 is 20.1 Å². The molecule has 1 saturated heterocycles. The van der Waals surface area contributed by atoms with E-state index in [1.807, 2.05) is 0 Å². The van der Waals surface area contributed by atoms with Crippen LogP contribution in [0.15, 0.2) is 71.6 Å². The number of rotatable bonds is 9. The minimum Gasteiger partial charge on any atom is -0.493 e. The van der Waals surface area contributed by atoms with E-state index in [0.717, 1.165) is 4.90 Å². The van der Waals surface area contributed by atoms with E-state index in [4.69, 9.17) is 9.47 Å². The topological polar surface area (TPSA) is 114 Å².